The number of thioether (sulfide) groups is 1. The fraction of sp³-hybridized carbons (Fsp3) is 0.231. The number of pyridine rings is 1. The van der Waals surface area contributed by atoms with Crippen LogP contribution in [0.1, 0.15) is 0 Å². The third kappa shape index (κ3) is 5.14. The third-order valence-electron chi connectivity index (χ3n) is 5.98. The summed E-state index contributed by atoms with van der Waals surface area (Å²) in [6.45, 7) is 2.99. The number of piperazine rings is 1. The van der Waals surface area contributed by atoms with Gasteiger partial charge in [0.1, 0.15) is 5.75 Å². The van der Waals surface area contributed by atoms with E-state index in [1.807, 2.05) is 64.1 Å². The van der Waals surface area contributed by atoms with E-state index in [0.29, 0.717) is 24.0 Å². The zero-order valence-corrected chi connectivity index (χ0v) is 20.3. The van der Waals surface area contributed by atoms with E-state index in [2.05, 4.69) is 32.2 Å². The molecule has 9 heteroatoms. The summed E-state index contributed by atoms with van der Waals surface area (Å²) in [6.07, 6.45) is 3.47. The number of benzene rings is 2. The Kier molecular flexibility index (Phi) is 6.94. The van der Waals surface area contributed by atoms with Crippen molar-refractivity contribution in [3.05, 3.63) is 79.1 Å². The molecular weight excluding hydrogens is 460 g/mol. The SMILES string of the molecule is COc1ccc(N2CCN(C(=O)CSc3nnc(-c4ccncc4)n3-c3ccccc3)CC2)cc1. The smallest absolute Gasteiger partial charge is 0.233 e. The molecule has 0 spiro atoms. The van der Waals surface area contributed by atoms with Crippen LogP contribution >= 0.6 is 11.8 Å². The fourth-order valence-electron chi connectivity index (χ4n) is 4.09. The van der Waals surface area contributed by atoms with Crippen molar-refractivity contribution in [2.24, 2.45) is 0 Å². The number of para-hydroxylation sites is 1. The molecule has 5 rings (SSSR count). The Labute approximate surface area is 208 Å². The van der Waals surface area contributed by atoms with Crippen molar-refractivity contribution in [3.63, 3.8) is 0 Å². The van der Waals surface area contributed by atoms with Gasteiger partial charge in [-0.25, -0.2) is 0 Å². The van der Waals surface area contributed by atoms with Crippen molar-refractivity contribution < 1.29 is 9.53 Å². The molecule has 1 aliphatic heterocycles. The van der Waals surface area contributed by atoms with Gasteiger partial charge in [0.05, 0.1) is 12.9 Å². The van der Waals surface area contributed by atoms with Crippen LogP contribution in [-0.2, 0) is 4.79 Å². The average molecular weight is 487 g/mol. The lowest BCUT2D eigenvalue weighted by Crippen LogP contribution is -2.49. The van der Waals surface area contributed by atoms with Gasteiger partial charge >= 0.3 is 0 Å². The van der Waals surface area contributed by atoms with E-state index >= 15 is 0 Å². The minimum Gasteiger partial charge on any atom is -0.497 e. The second-order valence-electron chi connectivity index (χ2n) is 8.07. The van der Waals surface area contributed by atoms with Gasteiger partial charge in [0.25, 0.3) is 0 Å². The first-order valence-electron chi connectivity index (χ1n) is 11.4. The first-order valence-corrected chi connectivity index (χ1v) is 12.4. The van der Waals surface area contributed by atoms with E-state index in [4.69, 9.17) is 4.74 Å². The number of anilines is 1. The molecule has 1 aliphatic rings. The van der Waals surface area contributed by atoms with Crippen LogP contribution in [0, 0.1) is 0 Å². The van der Waals surface area contributed by atoms with Crippen LogP contribution in [0.4, 0.5) is 5.69 Å². The van der Waals surface area contributed by atoms with Crippen molar-refractivity contribution in [2.45, 2.75) is 5.16 Å². The highest BCUT2D eigenvalue weighted by Crippen LogP contribution is 2.28. The molecule has 8 nitrogen and oxygen atoms in total. The zero-order valence-electron chi connectivity index (χ0n) is 19.4. The van der Waals surface area contributed by atoms with Crippen LogP contribution in [0.15, 0.2) is 84.3 Å². The van der Waals surface area contributed by atoms with Gasteiger partial charge in [0.15, 0.2) is 11.0 Å². The summed E-state index contributed by atoms with van der Waals surface area (Å²) in [5, 5.41) is 9.54. The van der Waals surface area contributed by atoms with E-state index in [1.165, 1.54) is 11.8 Å². The standard InChI is InChI=1S/C26H26N6O2S/c1-34-23-9-7-21(8-10-23)30-15-17-31(18-16-30)24(33)19-35-26-29-28-25(20-11-13-27-14-12-20)32(26)22-5-3-2-4-6-22/h2-14H,15-19H2,1H3. The van der Waals surface area contributed by atoms with E-state index in [9.17, 15) is 4.79 Å². The maximum absolute atomic E-state index is 13.0. The Morgan fingerprint density at radius 2 is 1.60 bits per heavy atom. The van der Waals surface area contributed by atoms with Gasteiger partial charge in [0, 0.05) is 55.5 Å². The lowest BCUT2D eigenvalue weighted by molar-refractivity contribution is -0.128. The van der Waals surface area contributed by atoms with E-state index in [0.717, 1.165) is 41.6 Å². The summed E-state index contributed by atoms with van der Waals surface area (Å²) in [7, 11) is 1.67. The van der Waals surface area contributed by atoms with Crippen molar-refractivity contribution in [1.82, 2.24) is 24.6 Å². The number of methoxy groups -OCH3 is 1. The molecule has 178 valence electrons. The fourth-order valence-corrected chi connectivity index (χ4v) is 4.94. The van der Waals surface area contributed by atoms with Crippen LogP contribution in [0.2, 0.25) is 0 Å². The molecule has 2 aromatic heterocycles. The van der Waals surface area contributed by atoms with Crippen LogP contribution in [-0.4, -0.2) is 69.6 Å². The number of rotatable bonds is 7. The molecule has 4 aromatic rings. The molecule has 0 N–H and O–H groups in total. The van der Waals surface area contributed by atoms with Crippen molar-refractivity contribution in [3.8, 4) is 22.8 Å². The molecule has 35 heavy (non-hydrogen) atoms. The largest absolute Gasteiger partial charge is 0.497 e. The first kappa shape index (κ1) is 22.9. The molecular formula is C26H26N6O2S. The number of carbonyl (C=O) groups excluding carboxylic acids is 1. The molecule has 1 amide bonds. The molecule has 0 radical (unpaired) electrons. The van der Waals surface area contributed by atoms with Gasteiger partial charge in [-0.2, -0.15) is 0 Å². The van der Waals surface area contributed by atoms with Gasteiger partial charge in [-0.05, 0) is 48.5 Å². The van der Waals surface area contributed by atoms with E-state index in [1.54, 1.807) is 19.5 Å². The number of aromatic nitrogens is 4. The summed E-state index contributed by atoms with van der Waals surface area (Å²) in [6, 6.07) is 21.8. The van der Waals surface area contributed by atoms with Crippen LogP contribution in [0.25, 0.3) is 17.1 Å². The van der Waals surface area contributed by atoms with Gasteiger partial charge in [-0.1, -0.05) is 30.0 Å². The normalized spacial score (nSPS) is 13.6. The molecule has 0 saturated carbocycles. The van der Waals surface area contributed by atoms with Crippen molar-refractivity contribution in [1.29, 1.82) is 0 Å². The van der Waals surface area contributed by atoms with Gasteiger partial charge < -0.3 is 14.5 Å². The molecule has 0 unspecified atom stereocenters. The zero-order chi connectivity index (χ0) is 24.0. The van der Waals surface area contributed by atoms with E-state index < -0.39 is 0 Å². The molecule has 0 atom stereocenters. The van der Waals surface area contributed by atoms with Crippen molar-refractivity contribution in [2.75, 3.05) is 43.9 Å². The predicted molar refractivity (Wildman–Crippen MR) is 137 cm³/mol. The minimum atomic E-state index is 0.109. The Morgan fingerprint density at radius 3 is 2.29 bits per heavy atom. The predicted octanol–water partition coefficient (Wildman–Crippen LogP) is 3.78. The highest BCUT2D eigenvalue weighted by molar-refractivity contribution is 7.99. The summed E-state index contributed by atoms with van der Waals surface area (Å²) in [5.41, 5.74) is 3.02. The summed E-state index contributed by atoms with van der Waals surface area (Å²) < 4.78 is 7.24. The molecule has 1 fully saturated rings. The lowest BCUT2D eigenvalue weighted by atomic mass is 10.2. The number of hydrogen-bond donors (Lipinski definition) is 0. The summed E-state index contributed by atoms with van der Waals surface area (Å²) in [4.78, 5) is 21.4. The molecule has 0 aliphatic carbocycles. The monoisotopic (exact) mass is 486 g/mol. The highest BCUT2D eigenvalue weighted by Gasteiger charge is 2.23. The number of amides is 1. The third-order valence-corrected chi connectivity index (χ3v) is 6.89. The second kappa shape index (κ2) is 10.6. The Bertz CT molecular complexity index is 1260. The maximum atomic E-state index is 13.0. The molecule has 0 bridgehead atoms. The van der Waals surface area contributed by atoms with Gasteiger partial charge in [0.2, 0.25) is 5.91 Å². The number of nitrogens with zero attached hydrogens (tertiary/aromatic N) is 6. The van der Waals surface area contributed by atoms with Crippen LogP contribution in [0.3, 0.4) is 0 Å². The average Bonchev–Trinajstić information content (AvgIpc) is 3.37. The number of ether oxygens (including phenoxy) is 1. The Morgan fingerprint density at radius 1 is 0.886 bits per heavy atom. The Balaban J connectivity index is 1.25. The summed E-state index contributed by atoms with van der Waals surface area (Å²) >= 11 is 1.42. The quantitative estimate of drug-likeness (QED) is 0.368. The minimum absolute atomic E-state index is 0.109. The number of carbonyl (C=O) groups is 1. The van der Waals surface area contributed by atoms with Crippen LogP contribution in [0.5, 0.6) is 5.75 Å². The second-order valence-corrected chi connectivity index (χ2v) is 9.01. The lowest BCUT2D eigenvalue weighted by Gasteiger charge is -2.36. The molecule has 3 heterocycles. The van der Waals surface area contributed by atoms with Crippen LogP contribution < -0.4 is 9.64 Å². The summed E-state index contributed by atoms with van der Waals surface area (Å²) in [5.74, 6) is 1.98. The van der Waals surface area contributed by atoms with E-state index in [-0.39, 0.29) is 5.91 Å². The Hall–Kier alpha value is -3.85. The van der Waals surface area contributed by atoms with Crippen molar-refractivity contribution >= 4 is 23.4 Å². The number of hydrogen-bond acceptors (Lipinski definition) is 7. The topological polar surface area (TPSA) is 76.4 Å². The molecule has 1 saturated heterocycles. The maximum Gasteiger partial charge on any atom is 0.233 e. The molecule has 2 aromatic carbocycles. The van der Waals surface area contributed by atoms with Gasteiger partial charge in [-0.3, -0.25) is 14.3 Å². The van der Waals surface area contributed by atoms with Gasteiger partial charge in [-0.15, -0.1) is 10.2 Å². The first-order chi connectivity index (χ1) is 17.2. The highest BCUT2D eigenvalue weighted by atomic mass is 32.2.